The molecule has 4 rings (SSSR count). The van der Waals surface area contributed by atoms with Crippen LogP contribution in [0.1, 0.15) is 12.2 Å². The Hall–Kier alpha value is -2.93. The fourth-order valence-electron chi connectivity index (χ4n) is 2.89. The number of nitrogens with zero attached hydrogens (tertiary/aromatic N) is 5. The summed E-state index contributed by atoms with van der Waals surface area (Å²) in [5.41, 5.74) is 1.73. The Kier molecular flexibility index (Phi) is 4.53. The van der Waals surface area contributed by atoms with Crippen molar-refractivity contribution in [2.24, 2.45) is 0 Å². The van der Waals surface area contributed by atoms with Crippen LogP contribution in [0, 0.1) is 0 Å². The molecular weight excluding hydrogens is 352 g/mol. The molecule has 0 bridgehead atoms. The largest absolute Gasteiger partial charge is 0.356 e. The highest BCUT2D eigenvalue weighted by Gasteiger charge is 2.08. The van der Waals surface area contributed by atoms with Gasteiger partial charge in [-0.3, -0.25) is 13.9 Å². The van der Waals surface area contributed by atoms with E-state index in [4.69, 9.17) is 11.6 Å². The maximum absolute atomic E-state index is 12.1. The van der Waals surface area contributed by atoms with Gasteiger partial charge in [-0.05, 0) is 30.3 Å². The minimum absolute atomic E-state index is 0.0236. The number of hydrogen-bond donors (Lipinski definition) is 1. The third-order valence-electron chi connectivity index (χ3n) is 4.21. The Balaban J connectivity index is 1.31. The fourth-order valence-corrected chi connectivity index (χ4v) is 3.06. The molecule has 0 radical (unpaired) electrons. The molecule has 0 aliphatic rings. The molecule has 0 aliphatic carbocycles. The van der Waals surface area contributed by atoms with Gasteiger partial charge in [-0.15, -0.1) is 10.2 Å². The number of benzene rings is 1. The smallest absolute Gasteiger partial charge is 0.221 e. The molecule has 0 saturated heterocycles. The molecule has 3 heterocycles. The molecule has 8 heteroatoms. The molecule has 26 heavy (non-hydrogen) atoms. The lowest BCUT2D eigenvalue weighted by Crippen LogP contribution is -2.27. The van der Waals surface area contributed by atoms with Crippen molar-refractivity contribution in [3.05, 3.63) is 59.6 Å². The van der Waals surface area contributed by atoms with E-state index in [-0.39, 0.29) is 5.91 Å². The van der Waals surface area contributed by atoms with Crippen molar-refractivity contribution in [3.8, 4) is 0 Å². The second-order valence-corrected chi connectivity index (χ2v) is 6.40. The van der Waals surface area contributed by atoms with Gasteiger partial charge in [0.1, 0.15) is 5.82 Å². The maximum atomic E-state index is 12.1. The van der Waals surface area contributed by atoms with Gasteiger partial charge in [-0.2, -0.15) is 5.10 Å². The first-order chi connectivity index (χ1) is 12.7. The van der Waals surface area contributed by atoms with Crippen LogP contribution in [0.2, 0.25) is 5.02 Å². The summed E-state index contributed by atoms with van der Waals surface area (Å²) in [6.45, 7) is 1.02. The zero-order chi connectivity index (χ0) is 17.9. The van der Waals surface area contributed by atoms with Crippen LogP contribution in [0.5, 0.6) is 0 Å². The van der Waals surface area contributed by atoms with E-state index in [0.29, 0.717) is 31.0 Å². The molecule has 4 aromatic rings. The maximum Gasteiger partial charge on any atom is 0.221 e. The number of fused-ring (bicyclic) bond motifs is 2. The van der Waals surface area contributed by atoms with E-state index >= 15 is 0 Å². The molecular formula is C18H17ClN6O. The Morgan fingerprint density at radius 3 is 3.04 bits per heavy atom. The van der Waals surface area contributed by atoms with Gasteiger partial charge in [0.2, 0.25) is 5.91 Å². The highest BCUT2D eigenvalue weighted by atomic mass is 35.5. The number of amides is 1. The van der Waals surface area contributed by atoms with Crippen molar-refractivity contribution in [2.75, 3.05) is 6.54 Å². The van der Waals surface area contributed by atoms with Crippen molar-refractivity contribution >= 4 is 34.1 Å². The van der Waals surface area contributed by atoms with Gasteiger partial charge in [0.25, 0.3) is 0 Å². The van der Waals surface area contributed by atoms with Crippen LogP contribution in [-0.2, 0) is 17.8 Å². The Morgan fingerprint density at radius 2 is 2.12 bits per heavy atom. The van der Waals surface area contributed by atoms with Gasteiger partial charge in [0, 0.05) is 36.0 Å². The summed E-state index contributed by atoms with van der Waals surface area (Å²) in [5.74, 6) is 0.804. The van der Waals surface area contributed by atoms with E-state index in [1.807, 2.05) is 47.0 Å². The van der Waals surface area contributed by atoms with Crippen LogP contribution in [0.3, 0.4) is 0 Å². The van der Waals surface area contributed by atoms with Crippen LogP contribution < -0.4 is 5.32 Å². The van der Waals surface area contributed by atoms with Crippen LogP contribution in [0.15, 0.2) is 48.8 Å². The molecule has 0 fully saturated rings. The first kappa shape index (κ1) is 16.5. The number of hydrogen-bond acceptors (Lipinski definition) is 4. The lowest BCUT2D eigenvalue weighted by molar-refractivity contribution is -0.121. The number of carbonyl (C=O) groups excluding carboxylic acids is 1. The molecule has 0 atom stereocenters. The van der Waals surface area contributed by atoms with Gasteiger partial charge in [-0.1, -0.05) is 17.7 Å². The topological polar surface area (TPSA) is 77.1 Å². The van der Waals surface area contributed by atoms with E-state index < -0.39 is 0 Å². The molecule has 0 spiro atoms. The standard InChI is InChI=1S/C18H17ClN6O/c19-14-5-4-13-12-21-25(15(13)11-14)10-7-18(26)20-8-6-17-23-22-16-3-1-2-9-24(16)17/h1-5,9,11-12H,6-8,10H2,(H,20,26). The average Bonchev–Trinajstić information content (AvgIpc) is 3.24. The van der Waals surface area contributed by atoms with E-state index in [9.17, 15) is 4.79 Å². The summed E-state index contributed by atoms with van der Waals surface area (Å²) in [5, 5.41) is 17.2. The van der Waals surface area contributed by atoms with Crippen molar-refractivity contribution < 1.29 is 4.79 Å². The summed E-state index contributed by atoms with van der Waals surface area (Å²) >= 11 is 6.04. The van der Waals surface area contributed by atoms with E-state index in [0.717, 1.165) is 22.4 Å². The zero-order valence-electron chi connectivity index (χ0n) is 14.0. The number of halogens is 1. The Bertz CT molecular complexity index is 1070. The second kappa shape index (κ2) is 7.13. The molecule has 0 unspecified atom stereocenters. The van der Waals surface area contributed by atoms with Crippen molar-refractivity contribution in [3.63, 3.8) is 0 Å². The summed E-state index contributed by atoms with van der Waals surface area (Å²) < 4.78 is 3.72. The third kappa shape index (κ3) is 3.39. The average molecular weight is 369 g/mol. The van der Waals surface area contributed by atoms with E-state index in [2.05, 4.69) is 20.6 Å². The highest BCUT2D eigenvalue weighted by molar-refractivity contribution is 6.31. The molecule has 132 valence electrons. The Morgan fingerprint density at radius 1 is 1.19 bits per heavy atom. The first-order valence-corrected chi connectivity index (χ1v) is 8.75. The van der Waals surface area contributed by atoms with Gasteiger partial charge in [-0.25, -0.2) is 0 Å². The summed E-state index contributed by atoms with van der Waals surface area (Å²) in [6, 6.07) is 11.4. The number of pyridine rings is 1. The molecule has 1 aromatic carbocycles. The summed E-state index contributed by atoms with van der Waals surface area (Å²) in [4.78, 5) is 12.1. The van der Waals surface area contributed by atoms with Crippen LogP contribution in [0.25, 0.3) is 16.6 Å². The normalized spacial score (nSPS) is 11.3. The minimum Gasteiger partial charge on any atom is -0.356 e. The lowest BCUT2D eigenvalue weighted by Gasteiger charge is -2.06. The molecule has 0 saturated carbocycles. The predicted molar refractivity (Wildman–Crippen MR) is 99.1 cm³/mol. The van der Waals surface area contributed by atoms with Crippen molar-refractivity contribution in [1.82, 2.24) is 29.7 Å². The lowest BCUT2D eigenvalue weighted by atomic mass is 10.2. The Labute approximate surface area is 154 Å². The van der Waals surface area contributed by atoms with Crippen LogP contribution in [-0.4, -0.2) is 36.8 Å². The molecule has 0 aliphatic heterocycles. The summed E-state index contributed by atoms with van der Waals surface area (Å²) in [7, 11) is 0. The monoisotopic (exact) mass is 368 g/mol. The minimum atomic E-state index is -0.0236. The van der Waals surface area contributed by atoms with Crippen molar-refractivity contribution in [1.29, 1.82) is 0 Å². The molecule has 1 amide bonds. The van der Waals surface area contributed by atoms with E-state index in [1.54, 1.807) is 10.9 Å². The quantitative estimate of drug-likeness (QED) is 0.567. The van der Waals surface area contributed by atoms with Gasteiger partial charge in [0.05, 0.1) is 18.3 Å². The molecule has 3 aromatic heterocycles. The van der Waals surface area contributed by atoms with Gasteiger partial charge in [0.15, 0.2) is 5.65 Å². The van der Waals surface area contributed by atoms with Crippen molar-refractivity contribution in [2.45, 2.75) is 19.4 Å². The SMILES string of the molecule is O=C(CCn1ncc2ccc(Cl)cc21)NCCc1nnc2ccccn12. The number of aryl methyl sites for hydroxylation is 1. The van der Waals surface area contributed by atoms with Gasteiger partial charge < -0.3 is 5.32 Å². The third-order valence-corrected chi connectivity index (χ3v) is 4.45. The molecule has 1 N–H and O–H groups in total. The number of nitrogens with one attached hydrogen (secondary N) is 1. The zero-order valence-corrected chi connectivity index (χ0v) is 14.7. The summed E-state index contributed by atoms with van der Waals surface area (Å²) in [6.07, 6.45) is 4.67. The molecule has 7 nitrogen and oxygen atoms in total. The van der Waals surface area contributed by atoms with Gasteiger partial charge >= 0.3 is 0 Å². The van der Waals surface area contributed by atoms with Crippen LogP contribution in [0.4, 0.5) is 0 Å². The van der Waals surface area contributed by atoms with Crippen LogP contribution >= 0.6 is 11.6 Å². The number of carbonyl (C=O) groups is 1. The number of aromatic nitrogens is 5. The number of rotatable bonds is 6. The predicted octanol–water partition coefficient (Wildman–Crippen LogP) is 2.48. The second-order valence-electron chi connectivity index (χ2n) is 5.97. The fraction of sp³-hybridized carbons (Fsp3) is 0.222. The highest BCUT2D eigenvalue weighted by Crippen LogP contribution is 2.19. The first-order valence-electron chi connectivity index (χ1n) is 8.37. The van der Waals surface area contributed by atoms with E-state index in [1.165, 1.54) is 0 Å².